The maximum Gasteiger partial charge on any atom is 0.114 e. The van der Waals surface area contributed by atoms with Crippen molar-refractivity contribution in [3.63, 3.8) is 0 Å². The van der Waals surface area contributed by atoms with E-state index in [1.165, 1.54) is 44.5 Å². The van der Waals surface area contributed by atoms with Gasteiger partial charge in [0.1, 0.15) is 8.07 Å². The van der Waals surface area contributed by atoms with E-state index in [-0.39, 0.29) is 0 Å². The van der Waals surface area contributed by atoms with Crippen molar-refractivity contribution in [2.45, 2.75) is 51.6 Å². The van der Waals surface area contributed by atoms with Crippen molar-refractivity contribution in [2.75, 3.05) is 0 Å². The first-order valence-corrected chi connectivity index (χ1v) is 15.9. The van der Waals surface area contributed by atoms with Crippen LogP contribution in [-0.4, -0.2) is 8.07 Å². The van der Waals surface area contributed by atoms with Crippen molar-refractivity contribution >= 4 is 20.2 Å². The number of benzene rings is 4. The molecule has 0 radical (unpaired) electrons. The third-order valence-corrected chi connectivity index (χ3v) is 15.3. The molecule has 6 rings (SSSR count). The molecule has 1 heteroatoms. The van der Waals surface area contributed by atoms with Gasteiger partial charge >= 0.3 is 0 Å². The molecular weight excluding hydrogens is 460 g/mol. The summed E-state index contributed by atoms with van der Waals surface area (Å²) in [6, 6.07) is 35.7. The molecule has 4 aromatic rings. The molecule has 0 aliphatic heterocycles. The van der Waals surface area contributed by atoms with Crippen LogP contribution in [-0.2, 0) is 12.8 Å². The average molecular weight is 497 g/mol. The van der Waals surface area contributed by atoms with Crippen molar-refractivity contribution in [1.29, 1.82) is 0 Å². The van der Waals surface area contributed by atoms with Crippen LogP contribution in [0, 0.1) is 0 Å². The minimum Gasteiger partial charge on any atom is -0.0704 e. The molecule has 0 saturated carbocycles. The van der Waals surface area contributed by atoms with Gasteiger partial charge in [-0.15, -0.1) is 0 Å². The lowest BCUT2D eigenvalue weighted by Gasteiger charge is -2.42. The molecule has 0 aromatic heterocycles. The van der Waals surface area contributed by atoms with Crippen LogP contribution in [0.5, 0.6) is 0 Å². The molecule has 0 N–H and O–H groups in total. The van der Waals surface area contributed by atoms with Gasteiger partial charge in [-0.05, 0) is 68.4 Å². The lowest BCUT2D eigenvalue weighted by atomic mass is 9.97. The van der Waals surface area contributed by atoms with Crippen molar-refractivity contribution in [2.24, 2.45) is 0 Å². The molecule has 2 aliphatic rings. The van der Waals surface area contributed by atoms with Gasteiger partial charge in [0.25, 0.3) is 0 Å². The van der Waals surface area contributed by atoms with Crippen LogP contribution in [0.3, 0.4) is 0 Å². The fourth-order valence-corrected chi connectivity index (χ4v) is 13.8. The van der Waals surface area contributed by atoms with Gasteiger partial charge < -0.3 is 0 Å². The Morgan fingerprint density at radius 2 is 0.892 bits per heavy atom. The zero-order chi connectivity index (χ0) is 25.6. The summed E-state index contributed by atoms with van der Waals surface area (Å²) < 4.78 is 0. The van der Waals surface area contributed by atoms with Crippen LogP contribution in [0.25, 0.3) is 34.4 Å². The number of hydrogen-bond acceptors (Lipinski definition) is 0. The highest BCUT2D eigenvalue weighted by molar-refractivity contribution is 6.96. The first-order valence-electron chi connectivity index (χ1n) is 13.8. The Balaban J connectivity index is 1.49. The molecule has 0 nitrogen and oxygen atoms in total. The van der Waals surface area contributed by atoms with Crippen LogP contribution in [0.1, 0.15) is 49.9 Å². The van der Waals surface area contributed by atoms with Crippen LogP contribution in [0.4, 0.5) is 0 Å². The maximum atomic E-state index is 2.62. The highest BCUT2D eigenvalue weighted by atomic mass is 28.3. The summed E-state index contributed by atoms with van der Waals surface area (Å²) in [4.78, 5) is 0. The summed E-state index contributed by atoms with van der Waals surface area (Å²) in [6.45, 7) is 9.98. The van der Waals surface area contributed by atoms with Gasteiger partial charge in [0.05, 0.1) is 0 Å². The smallest absolute Gasteiger partial charge is 0.0704 e. The van der Waals surface area contributed by atoms with Gasteiger partial charge in [-0.25, -0.2) is 0 Å². The predicted octanol–water partition coefficient (Wildman–Crippen LogP) is 9.95. The van der Waals surface area contributed by atoms with E-state index >= 15 is 0 Å². The second-order valence-electron chi connectivity index (χ2n) is 11.4. The van der Waals surface area contributed by atoms with Crippen molar-refractivity contribution in [1.82, 2.24) is 0 Å². The average Bonchev–Trinajstić information content (AvgIpc) is 3.54. The van der Waals surface area contributed by atoms with Gasteiger partial charge in [-0.2, -0.15) is 0 Å². The van der Waals surface area contributed by atoms with Gasteiger partial charge in [-0.1, -0.05) is 147 Å². The fourth-order valence-electron chi connectivity index (χ4n) is 7.36. The Hall–Kier alpha value is -3.42. The van der Waals surface area contributed by atoms with Crippen LogP contribution in [0.2, 0.25) is 11.1 Å². The number of allylic oxidation sites excluding steroid dienone is 2. The van der Waals surface area contributed by atoms with E-state index in [2.05, 4.69) is 137 Å². The van der Waals surface area contributed by atoms with Crippen LogP contribution >= 0.6 is 0 Å². The van der Waals surface area contributed by atoms with Crippen molar-refractivity contribution < 1.29 is 0 Å². The SMILES string of the molecule is CC(C)[Si](C1=Cc2c(cccc2-c2ccccc2)C1)(C1=Cc2c(cccc2-c2ccccc2)C1)C(C)C. The second-order valence-corrected chi connectivity index (χ2v) is 16.7. The molecule has 0 unspecified atom stereocenters. The predicted molar refractivity (Wildman–Crippen MR) is 163 cm³/mol. The van der Waals surface area contributed by atoms with Crippen LogP contribution in [0.15, 0.2) is 107 Å². The van der Waals surface area contributed by atoms with E-state index in [1.807, 2.05) is 0 Å². The normalized spacial score (nSPS) is 14.5. The monoisotopic (exact) mass is 496 g/mol. The Bertz CT molecular complexity index is 1390. The lowest BCUT2D eigenvalue weighted by molar-refractivity contribution is 0.896. The molecule has 0 spiro atoms. The van der Waals surface area contributed by atoms with Crippen molar-refractivity contribution in [3.05, 3.63) is 130 Å². The quantitative estimate of drug-likeness (QED) is 0.233. The van der Waals surface area contributed by atoms with E-state index < -0.39 is 8.07 Å². The number of hydrogen-bond donors (Lipinski definition) is 0. The van der Waals surface area contributed by atoms with Crippen LogP contribution < -0.4 is 0 Å². The van der Waals surface area contributed by atoms with E-state index in [1.54, 1.807) is 10.4 Å². The van der Waals surface area contributed by atoms with E-state index in [4.69, 9.17) is 0 Å². The number of fused-ring (bicyclic) bond motifs is 2. The summed E-state index contributed by atoms with van der Waals surface area (Å²) >= 11 is 0. The third-order valence-electron chi connectivity index (χ3n) is 8.85. The van der Waals surface area contributed by atoms with Gasteiger partial charge in [-0.3, -0.25) is 0 Å². The van der Waals surface area contributed by atoms with E-state index in [9.17, 15) is 0 Å². The molecule has 0 atom stereocenters. The summed E-state index contributed by atoms with van der Waals surface area (Å²) in [5.41, 5.74) is 12.5. The zero-order valence-corrected chi connectivity index (χ0v) is 23.5. The summed E-state index contributed by atoms with van der Waals surface area (Å²) in [7, 11) is -2.01. The van der Waals surface area contributed by atoms with Crippen molar-refractivity contribution in [3.8, 4) is 22.3 Å². The molecule has 4 aromatic carbocycles. The molecule has 0 bridgehead atoms. The largest absolute Gasteiger partial charge is 0.114 e. The molecule has 0 fully saturated rings. The standard InChI is InChI=1S/C36H36Si/c1-25(2)37(26(3)4,31-21-29-17-11-19-33(35(29)23-31)27-13-7-5-8-14-27)32-22-30-18-12-20-34(36(30)24-32)28-15-9-6-10-16-28/h5-20,23-26H,21-22H2,1-4H3. The highest BCUT2D eigenvalue weighted by Crippen LogP contribution is 2.52. The van der Waals surface area contributed by atoms with E-state index in [0.29, 0.717) is 11.1 Å². The third kappa shape index (κ3) is 3.88. The highest BCUT2D eigenvalue weighted by Gasteiger charge is 2.48. The minimum absolute atomic E-state index is 0.633. The van der Waals surface area contributed by atoms with Gasteiger partial charge in [0.2, 0.25) is 0 Å². The second kappa shape index (κ2) is 9.47. The Kier molecular flexibility index (Phi) is 6.13. The summed E-state index contributed by atoms with van der Waals surface area (Å²) in [5, 5.41) is 3.44. The molecule has 0 heterocycles. The minimum atomic E-state index is -2.01. The molecule has 184 valence electrons. The van der Waals surface area contributed by atoms with E-state index in [0.717, 1.165) is 12.8 Å². The maximum absolute atomic E-state index is 2.62. The molecule has 0 amide bonds. The molecule has 2 aliphatic carbocycles. The zero-order valence-electron chi connectivity index (χ0n) is 22.5. The topological polar surface area (TPSA) is 0 Å². The Labute approximate surface area is 223 Å². The molecule has 37 heavy (non-hydrogen) atoms. The summed E-state index contributed by atoms with van der Waals surface area (Å²) in [6.07, 6.45) is 7.42. The first-order chi connectivity index (χ1) is 18.0. The first kappa shape index (κ1) is 23.9. The lowest BCUT2D eigenvalue weighted by Crippen LogP contribution is -2.46. The fraction of sp³-hybridized carbons (Fsp3) is 0.222. The number of rotatable bonds is 6. The summed E-state index contributed by atoms with van der Waals surface area (Å²) in [5.74, 6) is 0. The molecular formula is C36H36Si. The van der Waals surface area contributed by atoms with Gasteiger partial charge in [0, 0.05) is 0 Å². The Morgan fingerprint density at radius 3 is 1.27 bits per heavy atom. The Morgan fingerprint density at radius 1 is 0.486 bits per heavy atom. The van der Waals surface area contributed by atoms with Gasteiger partial charge in [0.15, 0.2) is 0 Å². The molecule has 0 saturated heterocycles.